The van der Waals surface area contributed by atoms with Gasteiger partial charge in [-0.05, 0) is 60.8 Å². The molecule has 1 aromatic carbocycles. The van der Waals surface area contributed by atoms with Crippen LogP contribution in [0.15, 0.2) is 22.7 Å². The Hall–Kier alpha value is -1.66. The van der Waals surface area contributed by atoms with Crippen LogP contribution in [0.2, 0.25) is 0 Å². The third-order valence-corrected chi connectivity index (χ3v) is 9.28. The van der Waals surface area contributed by atoms with Crippen molar-refractivity contribution in [1.82, 2.24) is 23.4 Å². The smallest absolute Gasteiger partial charge is 0.281 e. The molecule has 0 spiro atoms. The first-order valence-electron chi connectivity index (χ1n) is 11.8. The Bertz CT molecular complexity index is 1130. The molecule has 188 valence electrons. The zero-order chi connectivity index (χ0) is 24.6. The highest BCUT2D eigenvalue weighted by Crippen LogP contribution is 2.33. The molecule has 1 aromatic heterocycles. The SMILES string of the molecule is CC(C)N1CCC(Oc2cc3cc(C(=O)N4CCN(S(=O)(=O)N(C)C)CC4)[nH]c3cc2Br)CC1. The van der Waals surface area contributed by atoms with Gasteiger partial charge in [-0.2, -0.15) is 17.0 Å². The molecule has 0 radical (unpaired) electrons. The van der Waals surface area contributed by atoms with Gasteiger partial charge in [0.25, 0.3) is 16.1 Å². The van der Waals surface area contributed by atoms with E-state index in [2.05, 4.69) is 39.7 Å². The molecular weight excluding hydrogens is 522 g/mol. The Labute approximate surface area is 210 Å². The van der Waals surface area contributed by atoms with Crippen molar-refractivity contribution in [2.75, 3.05) is 53.4 Å². The van der Waals surface area contributed by atoms with Gasteiger partial charge in [0.1, 0.15) is 17.5 Å². The average Bonchev–Trinajstić information content (AvgIpc) is 3.21. The molecule has 4 rings (SSSR count). The molecule has 2 aliphatic heterocycles. The lowest BCUT2D eigenvalue weighted by atomic mass is 10.1. The molecular formula is C23H34BrN5O4S. The molecule has 2 fully saturated rings. The van der Waals surface area contributed by atoms with Crippen LogP contribution in [-0.2, 0) is 10.2 Å². The van der Waals surface area contributed by atoms with Gasteiger partial charge in [0.15, 0.2) is 0 Å². The Morgan fingerprint density at radius 2 is 1.74 bits per heavy atom. The van der Waals surface area contributed by atoms with E-state index < -0.39 is 10.2 Å². The molecule has 1 N–H and O–H groups in total. The fourth-order valence-corrected chi connectivity index (χ4v) is 6.08. The van der Waals surface area contributed by atoms with Gasteiger partial charge in [-0.15, -0.1) is 0 Å². The number of nitrogens with one attached hydrogen (secondary N) is 1. The summed E-state index contributed by atoms with van der Waals surface area (Å²) in [6, 6.07) is 6.33. The van der Waals surface area contributed by atoms with Crippen LogP contribution in [-0.4, -0.2) is 103 Å². The number of hydrogen-bond donors (Lipinski definition) is 1. The maximum absolute atomic E-state index is 13.1. The number of aromatic amines is 1. The number of benzene rings is 1. The summed E-state index contributed by atoms with van der Waals surface area (Å²) in [5.74, 6) is 0.661. The van der Waals surface area contributed by atoms with E-state index in [0.717, 1.165) is 47.1 Å². The summed E-state index contributed by atoms with van der Waals surface area (Å²) in [4.78, 5) is 20.5. The normalized spacial score (nSPS) is 19.4. The Kier molecular flexibility index (Phi) is 7.58. The molecule has 0 aliphatic carbocycles. The lowest BCUT2D eigenvalue weighted by Gasteiger charge is -2.34. The van der Waals surface area contributed by atoms with Gasteiger partial charge in [0.2, 0.25) is 0 Å². The van der Waals surface area contributed by atoms with Gasteiger partial charge in [-0.3, -0.25) is 4.79 Å². The van der Waals surface area contributed by atoms with Crippen molar-refractivity contribution in [3.05, 3.63) is 28.4 Å². The number of halogens is 1. The average molecular weight is 557 g/mol. The highest BCUT2D eigenvalue weighted by molar-refractivity contribution is 9.10. The van der Waals surface area contributed by atoms with Crippen LogP contribution < -0.4 is 4.74 Å². The minimum Gasteiger partial charge on any atom is -0.489 e. The highest BCUT2D eigenvalue weighted by atomic mass is 79.9. The van der Waals surface area contributed by atoms with Crippen LogP contribution in [0.3, 0.4) is 0 Å². The zero-order valence-corrected chi connectivity index (χ0v) is 22.7. The van der Waals surface area contributed by atoms with Crippen LogP contribution in [0.25, 0.3) is 10.9 Å². The molecule has 0 atom stereocenters. The van der Waals surface area contributed by atoms with Crippen LogP contribution in [0.4, 0.5) is 0 Å². The number of piperazine rings is 1. The summed E-state index contributed by atoms with van der Waals surface area (Å²) in [5, 5.41) is 0.912. The zero-order valence-electron chi connectivity index (χ0n) is 20.3. The van der Waals surface area contributed by atoms with E-state index in [-0.39, 0.29) is 25.1 Å². The van der Waals surface area contributed by atoms with Crippen molar-refractivity contribution in [2.24, 2.45) is 0 Å². The van der Waals surface area contributed by atoms with Crippen molar-refractivity contribution >= 4 is 42.9 Å². The first-order chi connectivity index (χ1) is 16.1. The molecule has 3 heterocycles. The summed E-state index contributed by atoms with van der Waals surface area (Å²) in [5.41, 5.74) is 1.35. The number of ether oxygens (including phenoxy) is 1. The first kappa shape index (κ1) is 25.4. The van der Waals surface area contributed by atoms with E-state index in [0.29, 0.717) is 24.8 Å². The maximum atomic E-state index is 13.1. The number of amides is 1. The number of piperidine rings is 1. The number of hydrogen-bond acceptors (Lipinski definition) is 5. The molecule has 1 amide bonds. The van der Waals surface area contributed by atoms with Gasteiger partial charge < -0.3 is 19.5 Å². The topological polar surface area (TPSA) is 89.2 Å². The number of aromatic nitrogens is 1. The Balaban J connectivity index is 1.42. The number of carbonyl (C=O) groups is 1. The largest absolute Gasteiger partial charge is 0.489 e. The maximum Gasteiger partial charge on any atom is 0.281 e. The van der Waals surface area contributed by atoms with Crippen molar-refractivity contribution in [1.29, 1.82) is 0 Å². The monoisotopic (exact) mass is 555 g/mol. The fraction of sp³-hybridized carbons (Fsp3) is 0.609. The van der Waals surface area contributed by atoms with Gasteiger partial charge in [-0.25, -0.2) is 0 Å². The Morgan fingerprint density at radius 3 is 2.32 bits per heavy atom. The number of nitrogens with zero attached hydrogens (tertiary/aromatic N) is 4. The summed E-state index contributed by atoms with van der Waals surface area (Å²) in [7, 11) is -0.433. The van der Waals surface area contributed by atoms with Crippen molar-refractivity contribution in [3.63, 3.8) is 0 Å². The predicted octanol–water partition coefficient (Wildman–Crippen LogP) is 2.75. The van der Waals surface area contributed by atoms with Crippen LogP contribution >= 0.6 is 15.9 Å². The highest BCUT2D eigenvalue weighted by Gasteiger charge is 2.31. The first-order valence-corrected chi connectivity index (χ1v) is 13.9. The van der Waals surface area contributed by atoms with E-state index in [4.69, 9.17) is 4.74 Å². The predicted molar refractivity (Wildman–Crippen MR) is 136 cm³/mol. The number of rotatable bonds is 6. The summed E-state index contributed by atoms with van der Waals surface area (Å²) < 4.78 is 34.4. The van der Waals surface area contributed by atoms with E-state index in [1.54, 1.807) is 4.90 Å². The molecule has 2 aliphatic rings. The van der Waals surface area contributed by atoms with Crippen molar-refractivity contribution in [3.8, 4) is 5.75 Å². The number of fused-ring (bicyclic) bond motifs is 1. The quantitative estimate of drug-likeness (QED) is 0.592. The minimum atomic E-state index is -3.46. The molecule has 2 aromatic rings. The van der Waals surface area contributed by atoms with Crippen LogP contribution in [0.5, 0.6) is 5.75 Å². The summed E-state index contributed by atoms with van der Waals surface area (Å²) in [6.45, 7) is 7.80. The van der Waals surface area contributed by atoms with E-state index >= 15 is 0 Å². The van der Waals surface area contributed by atoms with E-state index in [1.807, 2.05) is 18.2 Å². The van der Waals surface area contributed by atoms with Gasteiger partial charge in [-0.1, -0.05) is 0 Å². The second kappa shape index (κ2) is 10.1. The second-order valence-electron chi connectivity index (χ2n) is 9.48. The minimum absolute atomic E-state index is 0.127. The van der Waals surface area contributed by atoms with Gasteiger partial charge in [0, 0.05) is 70.3 Å². The number of H-pyrrole nitrogens is 1. The third-order valence-electron chi connectivity index (χ3n) is 6.72. The number of likely N-dealkylation sites (tertiary alicyclic amines) is 1. The summed E-state index contributed by atoms with van der Waals surface area (Å²) in [6.07, 6.45) is 2.17. The van der Waals surface area contributed by atoms with Crippen LogP contribution in [0.1, 0.15) is 37.2 Å². The number of carbonyl (C=O) groups excluding carboxylic acids is 1. The third kappa shape index (κ3) is 5.28. The standard InChI is InChI=1S/C23H34BrN5O4S/c1-16(2)27-7-5-18(6-8-27)33-22-14-17-13-21(25-20(17)15-19(22)24)23(30)28-9-11-29(12-10-28)34(31,32)26(3)4/h13-16,18,25H,5-12H2,1-4H3. The second-order valence-corrected chi connectivity index (χ2v) is 12.5. The van der Waals surface area contributed by atoms with Crippen LogP contribution in [0, 0.1) is 0 Å². The van der Waals surface area contributed by atoms with Gasteiger partial charge in [0.05, 0.1) is 4.47 Å². The Morgan fingerprint density at radius 1 is 1.09 bits per heavy atom. The molecule has 11 heteroatoms. The molecule has 0 unspecified atom stereocenters. The lowest BCUT2D eigenvalue weighted by molar-refractivity contribution is 0.0690. The molecule has 34 heavy (non-hydrogen) atoms. The molecule has 0 bridgehead atoms. The van der Waals surface area contributed by atoms with E-state index in [1.165, 1.54) is 22.7 Å². The van der Waals surface area contributed by atoms with Crippen molar-refractivity contribution < 1.29 is 17.9 Å². The van der Waals surface area contributed by atoms with Gasteiger partial charge >= 0.3 is 0 Å². The van der Waals surface area contributed by atoms with Crippen molar-refractivity contribution in [2.45, 2.75) is 38.8 Å². The molecule has 0 saturated carbocycles. The molecule has 2 saturated heterocycles. The fourth-order valence-electron chi connectivity index (χ4n) is 4.55. The lowest BCUT2D eigenvalue weighted by Crippen LogP contribution is -2.53. The summed E-state index contributed by atoms with van der Waals surface area (Å²) >= 11 is 3.62. The molecule has 9 nitrogen and oxygen atoms in total. The van der Waals surface area contributed by atoms with E-state index in [9.17, 15) is 13.2 Å².